The number of piperidine rings is 1. The van der Waals surface area contributed by atoms with Crippen molar-refractivity contribution in [2.75, 3.05) is 19.6 Å². The highest BCUT2D eigenvalue weighted by Crippen LogP contribution is 2.16. The van der Waals surface area contributed by atoms with E-state index in [1.165, 1.54) is 12.8 Å². The minimum atomic E-state index is 0. The summed E-state index contributed by atoms with van der Waals surface area (Å²) >= 11 is 0. The van der Waals surface area contributed by atoms with E-state index in [9.17, 15) is 0 Å². The van der Waals surface area contributed by atoms with Crippen LogP contribution in [0.15, 0.2) is 9.41 Å². The summed E-state index contributed by atoms with van der Waals surface area (Å²) in [5.74, 6) is 3.29. The molecule has 0 spiro atoms. The number of nitrogens with one attached hydrogen (secondary N) is 1. The third kappa shape index (κ3) is 5.16. The Labute approximate surface area is 144 Å². The highest BCUT2D eigenvalue weighted by Gasteiger charge is 2.19. The predicted molar refractivity (Wildman–Crippen MR) is 96.2 cm³/mol. The predicted octanol–water partition coefficient (Wildman–Crippen LogP) is 3.11. The molecule has 2 heterocycles. The van der Waals surface area contributed by atoms with Crippen molar-refractivity contribution in [2.24, 2.45) is 10.9 Å². The van der Waals surface area contributed by atoms with Gasteiger partial charge in [-0.25, -0.2) is 9.98 Å². The van der Waals surface area contributed by atoms with E-state index >= 15 is 0 Å². The molecule has 0 bridgehead atoms. The molecule has 1 aliphatic heterocycles. The largest absolute Gasteiger partial charge is 0.444 e. The SMILES string of the molecule is CCNC(=NCc1nc(C)c(C)o1)N1CCCC(C)C1.I. The van der Waals surface area contributed by atoms with Gasteiger partial charge in [-0.3, -0.25) is 0 Å². The number of aliphatic imine (C=N–C) groups is 1. The van der Waals surface area contributed by atoms with Crippen LogP contribution in [0.1, 0.15) is 44.0 Å². The molecule has 1 atom stereocenters. The smallest absolute Gasteiger partial charge is 0.216 e. The van der Waals surface area contributed by atoms with Crippen molar-refractivity contribution in [1.82, 2.24) is 15.2 Å². The first-order valence-electron chi connectivity index (χ1n) is 7.56. The maximum atomic E-state index is 5.59. The Morgan fingerprint density at radius 1 is 1.48 bits per heavy atom. The Hall–Kier alpha value is -0.790. The van der Waals surface area contributed by atoms with Gasteiger partial charge in [-0.1, -0.05) is 6.92 Å². The van der Waals surface area contributed by atoms with Gasteiger partial charge in [-0.2, -0.15) is 0 Å². The van der Waals surface area contributed by atoms with Gasteiger partial charge in [0.2, 0.25) is 5.89 Å². The Morgan fingerprint density at radius 3 is 2.81 bits per heavy atom. The van der Waals surface area contributed by atoms with Gasteiger partial charge in [0.15, 0.2) is 5.96 Å². The fourth-order valence-electron chi connectivity index (χ4n) is 2.56. The fraction of sp³-hybridized carbons (Fsp3) is 0.733. The lowest BCUT2D eigenvalue weighted by Gasteiger charge is -2.33. The Morgan fingerprint density at radius 2 is 2.24 bits per heavy atom. The molecule has 1 N–H and O–H groups in total. The van der Waals surface area contributed by atoms with Crippen LogP contribution in [0.25, 0.3) is 0 Å². The lowest BCUT2D eigenvalue weighted by molar-refractivity contribution is 0.265. The van der Waals surface area contributed by atoms with E-state index in [-0.39, 0.29) is 24.0 Å². The standard InChI is InChI=1S/C15H26N4O.HI/c1-5-16-15(19-8-6-7-11(2)10-19)17-9-14-18-12(3)13(4)20-14;/h11H,5-10H2,1-4H3,(H,16,17);1H. The number of halogens is 1. The number of nitrogens with zero attached hydrogens (tertiary/aromatic N) is 3. The molecule has 5 nitrogen and oxygen atoms in total. The highest BCUT2D eigenvalue weighted by molar-refractivity contribution is 14.0. The van der Waals surface area contributed by atoms with Crippen LogP contribution in [0.2, 0.25) is 0 Å². The molecule has 21 heavy (non-hydrogen) atoms. The van der Waals surface area contributed by atoms with Gasteiger partial charge in [-0.15, -0.1) is 24.0 Å². The van der Waals surface area contributed by atoms with E-state index in [1.807, 2.05) is 13.8 Å². The van der Waals surface area contributed by atoms with Crippen LogP contribution in [-0.4, -0.2) is 35.5 Å². The molecule has 1 aliphatic rings. The van der Waals surface area contributed by atoms with Gasteiger partial charge in [0.25, 0.3) is 0 Å². The molecule has 1 aromatic rings. The molecule has 1 unspecified atom stereocenters. The molecule has 0 aliphatic carbocycles. The quantitative estimate of drug-likeness (QED) is 0.476. The summed E-state index contributed by atoms with van der Waals surface area (Å²) in [6, 6.07) is 0. The second kappa shape index (κ2) is 8.60. The van der Waals surface area contributed by atoms with Crippen molar-refractivity contribution in [1.29, 1.82) is 0 Å². The molecular formula is C15H27IN4O. The van der Waals surface area contributed by atoms with Crippen LogP contribution >= 0.6 is 24.0 Å². The number of likely N-dealkylation sites (tertiary alicyclic amines) is 1. The molecule has 0 aromatic carbocycles. The topological polar surface area (TPSA) is 53.7 Å². The minimum Gasteiger partial charge on any atom is -0.444 e. The van der Waals surface area contributed by atoms with E-state index in [1.54, 1.807) is 0 Å². The molecule has 0 saturated carbocycles. The van der Waals surface area contributed by atoms with Gasteiger partial charge in [0, 0.05) is 19.6 Å². The number of hydrogen-bond donors (Lipinski definition) is 1. The van der Waals surface area contributed by atoms with Crippen molar-refractivity contribution in [3.05, 3.63) is 17.3 Å². The van der Waals surface area contributed by atoms with Crippen molar-refractivity contribution < 1.29 is 4.42 Å². The zero-order valence-electron chi connectivity index (χ0n) is 13.5. The lowest BCUT2D eigenvalue weighted by Crippen LogP contribution is -2.46. The van der Waals surface area contributed by atoms with Gasteiger partial charge in [0.1, 0.15) is 12.3 Å². The van der Waals surface area contributed by atoms with E-state index in [0.29, 0.717) is 12.4 Å². The number of guanidine groups is 1. The molecule has 1 saturated heterocycles. The lowest BCUT2D eigenvalue weighted by atomic mass is 10.0. The summed E-state index contributed by atoms with van der Waals surface area (Å²) in [5, 5.41) is 3.37. The Bertz CT molecular complexity index is 453. The highest BCUT2D eigenvalue weighted by atomic mass is 127. The van der Waals surface area contributed by atoms with Crippen LogP contribution in [0.5, 0.6) is 0 Å². The zero-order valence-corrected chi connectivity index (χ0v) is 15.8. The first-order chi connectivity index (χ1) is 9.60. The monoisotopic (exact) mass is 406 g/mol. The summed E-state index contributed by atoms with van der Waals surface area (Å²) in [6.45, 7) is 11.8. The van der Waals surface area contributed by atoms with Crippen LogP contribution in [0.3, 0.4) is 0 Å². The van der Waals surface area contributed by atoms with E-state index in [4.69, 9.17) is 4.42 Å². The first kappa shape index (κ1) is 18.3. The first-order valence-corrected chi connectivity index (χ1v) is 7.56. The summed E-state index contributed by atoms with van der Waals surface area (Å²) < 4.78 is 5.59. The summed E-state index contributed by atoms with van der Waals surface area (Å²) in [7, 11) is 0. The van der Waals surface area contributed by atoms with Gasteiger partial charge < -0.3 is 14.6 Å². The normalized spacial score (nSPS) is 19.3. The minimum absolute atomic E-state index is 0. The molecule has 0 amide bonds. The molecule has 1 aromatic heterocycles. The van der Waals surface area contributed by atoms with Gasteiger partial charge in [0.05, 0.1) is 5.69 Å². The maximum absolute atomic E-state index is 5.59. The van der Waals surface area contributed by atoms with Gasteiger partial charge >= 0.3 is 0 Å². The second-order valence-corrected chi connectivity index (χ2v) is 5.61. The van der Waals surface area contributed by atoms with Gasteiger partial charge in [-0.05, 0) is 39.5 Å². The molecule has 6 heteroatoms. The van der Waals surface area contributed by atoms with Crippen molar-refractivity contribution in [3.8, 4) is 0 Å². The number of aryl methyl sites for hydroxylation is 2. The summed E-state index contributed by atoms with van der Waals surface area (Å²) in [6.07, 6.45) is 2.55. The summed E-state index contributed by atoms with van der Waals surface area (Å²) in [4.78, 5) is 11.4. The van der Waals surface area contributed by atoms with Crippen molar-refractivity contribution in [2.45, 2.75) is 47.1 Å². The van der Waals surface area contributed by atoms with Crippen molar-refractivity contribution >= 4 is 29.9 Å². The Balaban J connectivity index is 0.00000220. The van der Waals surface area contributed by atoms with Crippen LogP contribution < -0.4 is 5.32 Å². The van der Waals surface area contributed by atoms with Crippen LogP contribution in [-0.2, 0) is 6.54 Å². The second-order valence-electron chi connectivity index (χ2n) is 5.61. The third-order valence-electron chi connectivity index (χ3n) is 3.73. The van der Waals surface area contributed by atoms with Crippen LogP contribution in [0, 0.1) is 19.8 Å². The zero-order chi connectivity index (χ0) is 14.5. The Kier molecular flexibility index (Phi) is 7.48. The average Bonchev–Trinajstić information content (AvgIpc) is 2.74. The summed E-state index contributed by atoms with van der Waals surface area (Å²) in [5.41, 5.74) is 0.951. The van der Waals surface area contributed by atoms with E-state index in [0.717, 1.165) is 43.0 Å². The number of oxazole rings is 1. The molecule has 1 fully saturated rings. The maximum Gasteiger partial charge on any atom is 0.216 e. The number of rotatable bonds is 3. The average molecular weight is 406 g/mol. The molecule has 2 rings (SSSR count). The number of hydrogen-bond acceptors (Lipinski definition) is 3. The molecule has 120 valence electrons. The van der Waals surface area contributed by atoms with E-state index in [2.05, 4.69) is 34.0 Å². The van der Waals surface area contributed by atoms with E-state index < -0.39 is 0 Å². The number of aromatic nitrogens is 1. The third-order valence-corrected chi connectivity index (χ3v) is 3.73. The fourth-order valence-corrected chi connectivity index (χ4v) is 2.56. The molecule has 0 radical (unpaired) electrons. The molecular weight excluding hydrogens is 379 g/mol. The van der Waals surface area contributed by atoms with Crippen LogP contribution in [0.4, 0.5) is 0 Å². The van der Waals surface area contributed by atoms with Crippen molar-refractivity contribution in [3.63, 3.8) is 0 Å².